The van der Waals surface area contributed by atoms with Crippen LogP contribution in [0.25, 0.3) is 0 Å². The lowest BCUT2D eigenvalue weighted by atomic mass is 9.76. The predicted octanol–water partition coefficient (Wildman–Crippen LogP) is 2.21. The molecule has 4 aliphatic rings. The lowest BCUT2D eigenvalue weighted by Crippen LogP contribution is -2.45. The van der Waals surface area contributed by atoms with Crippen molar-refractivity contribution in [1.29, 1.82) is 0 Å². The van der Waals surface area contributed by atoms with E-state index in [1.165, 1.54) is 0 Å². The van der Waals surface area contributed by atoms with Gasteiger partial charge >= 0.3 is 5.97 Å². The van der Waals surface area contributed by atoms with Gasteiger partial charge in [0.2, 0.25) is 0 Å². The first-order valence-corrected chi connectivity index (χ1v) is 8.35. The molecule has 3 aliphatic carbocycles. The average molecular weight is 292 g/mol. The number of rotatable bonds is 5. The Labute approximate surface area is 125 Å². The van der Waals surface area contributed by atoms with Crippen LogP contribution >= 0.6 is 0 Å². The van der Waals surface area contributed by atoms with Crippen molar-refractivity contribution in [2.24, 2.45) is 35.0 Å². The van der Waals surface area contributed by atoms with Crippen LogP contribution in [0, 0.1) is 35.0 Å². The van der Waals surface area contributed by atoms with Crippen molar-refractivity contribution >= 4 is 11.8 Å². The fourth-order valence-electron chi connectivity index (χ4n) is 4.56. The van der Waals surface area contributed by atoms with Crippen molar-refractivity contribution in [1.82, 2.24) is 0 Å². The zero-order valence-electron chi connectivity index (χ0n) is 12.7. The van der Waals surface area contributed by atoms with E-state index in [-0.39, 0.29) is 29.1 Å². The van der Waals surface area contributed by atoms with Gasteiger partial charge in [-0.2, -0.15) is 0 Å². The molecule has 0 N–H and O–H groups in total. The molecule has 0 aromatic carbocycles. The van der Waals surface area contributed by atoms with E-state index in [0.717, 1.165) is 32.1 Å². The third-order valence-corrected chi connectivity index (χ3v) is 5.96. The molecule has 4 nitrogen and oxygen atoms in total. The quantitative estimate of drug-likeness (QED) is 0.729. The van der Waals surface area contributed by atoms with Crippen molar-refractivity contribution in [3.63, 3.8) is 0 Å². The molecular weight excluding hydrogens is 268 g/mol. The van der Waals surface area contributed by atoms with E-state index in [9.17, 15) is 9.59 Å². The molecule has 4 atom stereocenters. The minimum Gasteiger partial charge on any atom is -0.465 e. The molecule has 1 saturated heterocycles. The van der Waals surface area contributed by atoms with Crippen LogP contribution in [0.2, 0.25) is 0 Å². The Morgan fingerprint density at radius 2 is 1.76 bits per heavy atom. The molecule has 21 heavy (non-hydrogen) atoms. The van der Waals surface area contributed by atoms with Crippen LogP contribution < -0.4 is 0 Å². The SMILES string of the molecule is CC1(COC(=O)C2C3CCC(C3)C2C(=O)C2CC2)COC1. The smallest absolute Gasteiger partial charge is 0.309 e. The predicted molar refractivity (Wildman–Crippen MR) is 75.4 cm³/mol. The van der Waals surface area contributed by atoms with Crippen LogP contribution in [-0.2, 0) is 19.1 Å². The fourth-order valence-corrected chi connectivity index (χ4v) is 4.56. The molecule has 4 unspecified atom stereocenters. The number of carbonyl (C=O) groups excluding carboxylic acids is 2. The number of ether oxygens (including phenoxy) is 2. The summed E-state index contributed by atoms with van der Waals surface area (Å²) in [5.41, 5.74) is -0.0106. The number of esters is 1. The molecule has 0 radical (unpaired) electrons. The van der Waals surface area contributed by atoms with Gasteiger partial charge in [-0.25, -0.2) is 0 Å². The fraction of sp³-hybridized carbons (Fsp3) is 0.882. The summed E-state index contributed by atoms with van der Waals surface area (Å²) in [6.45, 7) is 3.85. The van der Waals surface area contributed by atoms with E-state index in [1.807, 2.05) is 0 Å². The topological polar surface area (TPSA) is 52.6 Å². The van der Waals surface area contributed by atoms with Gasteiger partial charge in [-0.15, -0.1) is 0 Å². The van der Waals surface area contributed by atoms with Gasteiger partial charge in [-0.3, -0.25) is 9.59 Å². The van der Waals surface area contributed by atoms with Crippen LogP contribution in [0.1, 0.15) is 39.0 Å². The molecule has 0 aromatic rings. The zero-order valence-corrected chi connectivity index (χ0v) is 12.7. The summed E-state index contributed by atoms with van der Waals surface area (Å²) in [6, 6.07) is 0. The molecule has 0 spiro atoms. The van der Waals surface area contributed by atoms with Gasteiger partial charge < -0.3 is 9.47 Å². The van der Waals surface area contributed by atoms with Crippen molar-refractivity contribution in [3.8, 4) is 0 Å². The second kappa shape index (κ2) is 4.80. The van der Waals surface area contributed by atoms with E-state index >= 15 is 0 Å². The highest BCUT2D eigenvalue weighted by Crippen LogP contribution is 2.55. The summed E-state index contributed by atoms with van der Waals surface area (Å²) in [5, 5.41) is 0. The minimum atomic E-state index is -0.151. The first-order chi connectivity index (χ1) is 10.1. The van der Waals surface area contributed by atoms with Gasteiger partial charge in [0.15, 0.2) is 0 Å². The highest BCUT2D eigenvalue weighted by atomic mass is 16.5. The maximum absolute atomic E-state index is 12.6. The summed E-state index contributed by atoms with van der Waals surface area (Å²) in [5.74, 6) is 1.15. The highest BCUT2D eigenvalue weighted by molar-refractivity contribution is 5.91. The Bertz CT molecular complexity index is 463. The molecule has 3 saturated carbocycles. The molecule has 4 heteroatoms. The molecule has 4 fully saturated rings. The van der Waals surface area contributed by atoms with Crippen LogP contribution in [-0.4, -0.2) is 31.6 Å². The summed E-state index contributed by atoms with van der Waals surface area (Å²) in [4.78, 5) is 25.1. The molecule has 116 valence electrons. The van der Waals surface area contributed by atoms with Crippen molar-refractivity contribution in [2.75, 3.05) is 19.8 Å². The number of hydrogen-bond donors (Lipinski definition) is 0. The zero-order chi connectivity index (χ0) is 14.6. The highest BCUT2D eigenvalue weighted by Gasteiger charge is 2.56. The van der Waals surface area contributed by atoms with E-state index in [2.05, 4.69) is 6.92 Å². The Morgan fingerprint density at radius 3 is 2.33 bits per heavy atom. The van der Waals surface area contributed by atoms with E-state index in [1.54, 1.807) is 0 Å². The first kappa shape index (κ1) is 13.7. The monoisotopic (exact) mass is 292 g/mol. The molecular formula is C17H24O4. The summed E-state index contributed by atoms with van der Waals surface area (Å²) >= 11 is 0. The average Bonchev–Trinajstić information content (AvgIpc) is 3.10. The van der Waals surface area contributed by atoms with E-state index in [0.29, 0.717) is 37.4 Å². The first-order valence-electron chi connectivity index (χ1n) is 8.35. The standard InChI is InChI=1S/C17H24O4/c1-17(7-20-8-17)9-21-16(19)14-12-5-4-11(6-12)13(14)15(18)10-2-3-10/h10-14H,2-9H2,1H3. The Kier molecular flexibility index (Phi) is 3.14. The van der Waals surface area contributed by atoms with Crippen LogP contribution in [0.4, 0.5) is 0 Å². The van der Waals surface area contributed by atoms with E-state index < -0.39 is 0 Å². The van der Waals surface area contributed by atoms with Gasteiger partial charge in [0.25, 0.3) is 0 Å². The number of hydrogen-bond acceptors (Lipinski definition) is 4. The van der Waals surface area contributed by atoms with Gasteiger partial charge in [0, 0.05) is 17.3 Å². The molecule has 2 bridgehead atoms. The lowest BCUT2D eigenvalue weighted by Gasteiger charge is -2.38. The Balaban J connectivity index is 1.43. The number of ketones is 1. The molecule has 1 aliphatic heterocycles. The molecule has 0 aromatic heterocycles. The van der Waals surface area contributed by atoms with Crippen molar-refractivity contribution < 1.29 is 19.1 Å². The minimum absolute atomic E-state index is 0.0106. The second-order valence-electron chi connectivity index (χ2n) is 7.97. The Morgan fingerprint density at radius 1 is 1.10 bits per heavy atom. The largest absolute Gasteiger partial charge is 0.465 e. The summed E-state index contributed by atoms with van der Waals surface area (Å²) in [6.07, 6.45) is 5.35. The van der Waals surface area contributed by atoms with E-state index in [4.69, 9.17) is 9.47 Å². The summed E-state index contributed by atoms with van der Waals surface area (Å²) < 4.78 is 10.8. The van der Waals surface area contributed by atoms with Gasteiger partial charge in [-0.1, -0.05) is 6.92 Å². The number of carbonyl (C=O) groups is 2. The Hall–Kier alpha value is -0.900. The molecule has 1 heterocycles. The number of fused-ring (bicyclic) bond motifs is 2. The molecule has 0 amide bonds. The van der Waals surface area contributed by atoms with Gasteiger partial charge in [0.1, 0.15) is 12.4 Å². The van der Waals surface area contributed by atoms with Gasteiger partial charge in [-0.05, 0) is 43.9 Å². The third-order valence-electron chi connectivity index (χ3n) is 5.96. The molecule has 4 rings (SSSR count). The normalized spacial score (nSPS) is 39.9. The second-order valence-corrected chi connectivity index (χ2v) is 7.97. The van der Waals surface area contributed by atoms with Crippen LogP contribution in [0.5, 0.6) is 0 Å². The maximum Gasteiger partial charge on any atom is 0.309 e. The van der Waals surface area contributed by atoms with Crippen molar-refractivity contribution in [3.05, 3.63) is 0 Å². The van der Waals surface area contributed by atoms with Crippen molar-refractivity contribution in [2.45, 2.75) is 39.0 Å². The third kappa shape index (κ3) is 2.32. The summed E-state index contributed by atoms with van der Waals surface area (Å²) in [7, 11) is 0. The number of Topliss-reactive ketones (excluding diaryl/α,β-unsaturated/α-hetero) is 1. The maximum atomic E-state index is 12.6. The van der Waals surface area contributed by atoms with Crippen LogP contribution in [0.15, 0.2) is 0 Å². The van der Waals surface area contributed by atoms with Gasteiger partial charge in [0.05, 0.1) is 19.1 Å². The van der Waals surface area contributed by atoms with Crippen LogP contribution in [0.3, 0.4) is 0 Å². The lowest BCUT2D eigenvalue weighted by molar-refractivity contribution is -0.173.